The standard InChI is InChI=1S/C20H22BrN3O3S/c1-4-18(23(3)28(26,27)15-12-10-14(21)11-13-15)19-22-17-9-7-6-8-16(17)20(25)24(19)5-2/h6-13,18H,4-5H2,1-3H3. The maximum atomic E-state index is 13.2. The molecule has 0 amide bonds. The molecule has 3 rings (SSSR count). The lowest BCUT2D eigenvalue weighted by atomic mass is 10.1. The summed E-state index contributed by atoms with van der Waals surface area (Å²) in [6.45, 7) is 4.16. The number of hydrogen-bond acceptors (Lipinski definition) is 4. The first-order valence-electron chi connectivity index (χ1n) is 9.04. The van der Waals surface area contributed by atoms with Gasteiger partial charge in [-0.05, 0) is 49.7 Å². The molecule has 0 aliphatic heterocycles. The van der Waals surface area contributed by atoms with Crippen molar-refractivity contribution in [2.24, 2.45) is 0 Å². The molecule has 1 heterocycles. The first kappa shape index (κ1) is 20.7. The molecule has 0 saturated carbocycles. The Morgan fingerprint density at radius 1 is 1.11 bits per heavy atom. The van der Waals surface area contributed by atoms with Gasteiger partial charge in [-0.15, -0.1) is 0 Å². The fourth-order valence-electron chi connectivity index (χ4n) is 3.29. The van der Waals surface area contributed by atoms with E-state index in [9.17, 15) is 13.2 Å². The predicted molar refractivity (Wildman–Crippen MR) is 114 cm³/mol. The molecular weight excluding hydrogens is 442 g/mol. The van der Waals surface area contributed by atoms with E-state index in [1.807, 2.05) is 19.9 Å². The van der Waals surface area contributed by atoms with Crippen molar-refractivity contribution in [3.05, 3.63) is 69.2 Å². The summed E-state index contributed by atoms with van der Waals surface area (Å²) in [6.07, 6.45) is 0.483. The van der Waals surface area contributed by atoms with Crippen molar-refractivity contribution in [2.75, 3.05) is 7.05 Å². The summed E-state index contributed by atoms with van der Waals surface area (Å²) in [5, 5.41) is 0.529. The molecule has 2 aromatic carbocycles. The number of rotatable bonds is 6. The maximum absolute atomic E-state index is 13.2. The molecule has 0 spiro atoms. The molecule has 3 aromatic rings. The van der Waals surface area contributed by atoms with Gasteiger partial charge >= 0.3 is 0 Å². The van der Waals surface area contributed by atoms with E-state index in [-0.39, 0.29) is 10.5 Å². The summed E-state index contributed by atoms with van der Waals surface area (Å²) in [5.74, 6) is 0.455. The molecule has 0 fully saturated rings. The molecule has 0 bridgehead atoms. The molecule has 0 aliphatic rings. The van der Waals surface area contributed by atoms with Gasteiger partial charge in [0.15, 0.2) is 0 Å². The van der Waals surface area contributed by atoms with Crippen LogP contribution < -0.4 is 5.56 Å². The first-order chi connectivity index (χ1) is 13.3. The largest absolute Gasteiger partial charge is 0.295 e. The molecule has 0 saturated heterocycles. The lowest BCUT2D eigenvalue weighted by Crippen LogP contribution is -2.36. The van der Waals surface area contributed by atoms with Crippen molar-refractivity contribution in [1.82, 2.24) is 13.9 Å². The van der Waals surface area contributed by atoms with E-state index in [0.29, 0.717) is 29.7 Å². The van der Waals surface area contributed by atoms with Crippen LogP contribution in [-0.4, -0.2) is 29.3 Å². The Kier molecular flexibility index (Phi) is 6.02. The van der Waals surface area contributed by atoms with Crippen molar-refractivity contribution < 1.29 is 8.42 Å². The van der Waals surface area contributed by atoms with Gasteiger partial charge in [0.2, 0.25) is 10.0 Å². The second kappa shape index (κ2) is 8.14. The average Bonchev–Trinajstić information content (AvgIpc) is 2.69. The Labute approximate surface area is 173 Å². The summed E-state index contributed by atoms with van der Waals surface area (Å²) in [6, 6.07) is 13.1. The van der Waals surface area contributed by atoms with E-state index in [2.05, 4.69) is 20.9 Å². The highest BCUT2D eigenvalue weighted by atomic mass is 79.9. The van der Waals surface area contributed by atoms with Crippen LogP contribution in [0.5, 0.6) is 0 Å². The monoisotopic (exact) mass is 463 g/mol. The van der Waals surface area contributed by atoms with Gasteiger partial charge in [-0.1, -0.05) is 35.0 Å². The van der Waals surface area contributed by atoms with E-state index in [4.69, 9.17) is 0 Å². The third kappa shape index (κ3) is 3.64. The molecule has 0 radical (unpaired) electrons. The van der Waals surface area contributed by atoms with Crippen LogP contribution >= 0.6 is 15.9 Å². The third-order valence-electron chi connectivity index (χ3n) is 4.82. The molecule has 1 aromatic heterocycles. The Balaban J connectivity index is 2.15. The van der Waals surface area contributed by atoms with Gasteiger partial charge in [-0.2, -0.15) is 4.31 Å². The Bertz CT molecular complexity index is 1160. The smallest absolute Gasteiger partial charge is 0.261 e. The fraction of sp³-hybridized carbons (Fsp3) is 0.300. The number of sulfonamides is 1. The minimum atomic E-state index is -3.75. The van der Waals surface area contributed by atoms with Gasteiger partial charge in [0.1, 0.15) is 5.82 Å². The van der Waals surface area contributed by atoms with Crippen LogP contribution in [0.2, 0.25) is 0 Å². The second-order valence-corrected chi connectivity index (χ2v) is 9.35. The van der Waals surface area contributed by atoms with Crippen LogP contribution in [-0.2, 0) is 16.6 Å². The van der Waals surface area contributed by atoms with Gasteiger partial charge < -0.3 is 0 Å². The van der Waals surface area contributed by atoms with Crippen LogP contribution in [0, 0.1) is 0 Å². The fourth-order valence-corrected chi connectivity index (χ4v) is 4.94. The molecule has 1 unspecified atom stereocenters. The normalized spacial score (nSPS) is 13.2. The zero-order chi connectivity index (χ0) is 20.5. The highest BCUT2D eigenvalue weighted by Gasteiger charge is 2.31. The van der Waals surface area contributed by atoms with Crippen molar-refractivity contribution in [1.29, 1.82) is 0 Å². The highest BCUT2D eigenvalue weighted by molar-refractivity contribution is 9.10. The number of aromatic nitrogens is 2. The van der Waals surface area contributed by atoms with Gasteiger partial charge in [-0.3, -0.25) is 9.36 Å². The lowest BCUT2D eigenvalue weighted by Gasteiger charge is -2.28. The van der Waals surface area contributed by atoms with Crippen LogP contribution in [0.15, 0.2) is 62.7 Å². The number of nitrogens with zero attached hydrogens (tertiary/aromatic N) is 3. The summed E-state index contributed by atoms with van der Waals surface area (Å²) in [4.78, 5) is 17.8. The Morgan fingerprint density at radius 3 is 2.36 bits per heavy atom. The quantitative estimate of drug-likeness (QED) is 0.554. The number of hydrogen-bond donors (Lipinski definition) is 0. The van der Waals surface area contributed by atoms with Crippen LogP contribution in [0.1, 0.15) is 32.1 Å². The average molecular weight is 464 g/mol. The Hall–Kier alpha value is -2.03. The maximum Gasteiger partial charge on any atom is 0.261 e. The number of para-hydroxylation sites is 1. The minimum absolute atomic E-state index is 0.156. The summed E-state index contributed by atoms with van der Waals surface area (Å²) in [5.41, 5.74) is 0.413. The van der Waals surface area contributed by atoms with Gasteiger partial charge in [-0.25, -0.2) is 13.4 Å². The zero-order valence-corrected chi connectivity index (χ0v) is 18.4. The van der Waals surface area contributed by atoms with Gasteiger partial charge in [0.25, 0.3) is 5.56 Å². The molecule has 6 nitrogen and oxygen atoms in total. The van der Waals surface area contributed by atoms with Crippen LogP contribution in [0.3, 0.4) is 0 Å². The van der Waals surface area contributed by atoms with Gasteiger partial charge in [0.05, 0.1) is 21.8 Å². The first-order valence-corrected chi connectivity index (χ1v) is 11.3. The van der Waals surface area contributed by atoms with Crippen molar-refractivity contribution >= 4 is 36.9 Å². The molecular formula is C20H22BrN3O3S. The van der Waals surface area contributed by atoms with Gasteiger partial charge in [0, 0.05) is 18.1 Å². The van der Waals surface area contributed by atoms with Crippen molar-refractivity contribution in [2.45, 2.75) is 37.8 Å². The summed E-state index contributed by atoms with van der Waals surface area (Å²) < 4.78 is 30.0. The van der Waals surface area contributed by atoms with E-state index < -0.39 is 16.1 Å². The third-order valence-corrected chi connectivity index (χ3v) is 7.23. The van der Waals surface area contributed by atoms with E-state index in [0.717, 1.165) is 4.47 Å². The van der Waals surface area contributed by atoms with E-state index in [1.165, 1.54) is 11.4 Å². The number of fused-ring (bicyclic) bond motifs is 1. The van der Waals surface area contributed by atoms with Crippen molar-refractivity contribution in [3.63, 3.8) is 0 Å². The highest BCUT2D eigenvalue weighted by Crippen LogP contribution is 2.28. The molecule has 28 heavy (non-hydrogen) atoms. The number of halogens is 1. The molecule has 148 valence electrons. The second-order valence-electron chi connectivity index (χ2n) is 6.44. The number of benzene rings is 2. The SMILES string of the molecule is CCC(c1nc2ccccc2c(=O)n1CC)N(C)S(=O)(=O)c1ccc(Br)cc1. The van der Waals surface area contributed by atoms with Crippen LogP contribution in [0.25, 0.3) is 10.9 Å². The molecule has 1 atom stereocenters. The summed E-state index contributed by atoms with van der Waals surface area (Å²) >= 11 is 3.32. The predicted octanol–water partition coefficient (Wildman–Crippen LogP) is 3.95. The van der Waals surface area contributed by atoms with E-state index >= 15 is 0 Å². The molecule has 8 heteroatoms. The molecule has 0 N–H and O–H groups in total. The van der Waals surface area contributed by atoms with E-state index in [1.54, 1.807) is 47.0 Å². The lowest BCUT2D eigenvalue weighted by molar-refractivity contribution is 0.340. The molecule has 0 aliphatic carbocycles. The topological polar surface area (TPSA) is 72.3 Å². The van der Waals surface area contributed by atoms with Crippen molar-refractivity contribution in [3.8, 4) is 0 Å². The zero-order valence-electron chi connectivity index (χ0n) is 16.0. The summed E-state index contributed by atoms with van der Waals surface area (Å²) in [7, 11) is -2.21. The van der Waals surface area contributed by atoms with Crippen LogP contribution in [0.4, 0.5) is 0 Å². The Morgan fingerprint density at radius 2 is 1.75 bits per heavy atom. The minimum Gasteiger partial charge on any atom is -0.295 e.